The second-order valence-electron chi connectivity index (χ2n) is 6.84. The van der Waals surface area contributed by atoms with Crippen molar-refractivity contribution in [2.75, 3.05) is 0 Å². The summed E-state index contributed by atoms with van der Waals surface area (Å²) in [6.45, 7) is 6.60. The van der Waals surface area contributed by atoms with Crippen molar-refractivity contribution < 1.29 is 0 Å². The largest absolute Gasteiger partial charge is 0.325 e. The molecule has 0 aliphatic heterocycles. The van der Waals surface area contributed by atoms with Crippen LogP contribution >= 0.6 is 0 Å². The molecule has 1 aromatic carbocycles. The van der Waals surface area contributed by atoms with Gasteiger partial charge in [0.2, 0.25) is 0 Å². The Labute approximate surface area is 132 Å². The molecule has 0 aromatic heterocycles. The number of aryl methyl sites for hydroxylation is 2. The summed E-state index contributed by atoms with van der Waals surface area (Å²) in [4.78, 5) is 0. The van der Waals surface area contributed by atoms with Crippen LogP contribution in [-0.4, -0.2) is 5.54 Å². The summed E-state index contributed by atoms with van der Waals surface area (Å²) in [6.07, 6.45) is 12.7. The highest BCUT2D eigenvalue weighted by Crippen LogP contribution is 2.16. The summed E-state index contributed by atoms with van der Waals surface area (Å²) >= 11 is 0. The number of rotatable bonds is 11. The first kappa shape index (κ1) is 18.2. The van der Waals surface area contributed by atoms with E-state index in [9.17, 15) is 0 Å². The minimum Gasteiger partial charge on any atom is -0.325 e. The summed E-state index contributed by atoms with van der Waals surface area (Å²) in [5.74, 6) is 0. The standard InChI is InChI=1S/C20H35N/c1-4-6-7-8-9-10-11-18-12-14-19(15-13-18)16-17-20(3,21)5-2/h12-15H,4-11,16-17,21H2,1-3H3. The van der Waals surface area contributed by atoms with Crippen LogP contribution in [0.2, 0.25) is 0 Å². The number of hydrogen-bond donors (Lipinski definition) is 1. The van der Waals surface area contributed by atoms with Crippen LogP contribution in [0, 0.1) is 0 Å². The molecule has 1 aromatic rings. The molecule has 0 fully saturated rings. The average molecular weight is 290 g/mol. The highest BCUT2D eigenvalue weighted by molar-refractivity contribution is 5.23. The van der Waals surface area contributed by atoms with Crippen LogP contribution in [0.4, 0.5) is 0 Å². The Morgan fingerprint density at radius 3 is 1.90 bits per heavy atom. The molecule has 1 nitrogen and oxygen atoms in total. The van der Waals surface area contributed by atoms with E-state index >= 15 is 0 Å². The lowest BCUT2D eigenvalue weighted by molar-refractivity contribution is 0.418. The molecule has 1 heteroatoms. The van der Waals surface area contributed by atoms with Crippen molar-refractivity contribution in [1.29, 1.82) is 0 Å². The molecule has 0 spiro atoms. The van der Waals surface area contributed by atoms with E-state index in [1.165, 1.54) is 56.1 Å². The Morgan fingerprint density at radius 2 is 1.33 bits per heavy atom. The maximum atomic E-state index is 6.21. The van der Waals surface area contributed by atoms with Gasteiger partial charge in [-0.15, -0.1) is 0 Å². The lowest BCUT2D eigenvalue weighted by Gasteiger charge is -2.22. The van der Waals surface area contributed by atoms with Crippen molar-refractivity contribution in [3.05, 3.63) is 35.4 Å². The highest BCUT2D eigenvalue weighted by Gasteiger charge is 2.14. The zero-order valence-electron chi connectivity index (χ0n) is 14.5. The van der Waals surface area contributed by atoms with Gasteiger partial charge in [-0.25, -0.2) is 0 Å². The van der Waals surface area contributed by atoms with Crippen molar-refractivity contribution in [3.8, 4) is 0 Å². The van der Waals surface area contributed by atoms with E-state index < -0.39 is 0 Å². The van der Waals surface area contributed by atoms with E-state index in [2.05, 4.69) is 45.0 Å². The van der Waals surface area contributed by atoms with Crippen LogP contribution in [0.5, 0.6) is 0 Å². The number of nitrogens with two attached hydrogens (primary N) is 1. The van der Waals surface area contributed by atoms with Crippen molar-refractivity contribution in [1.82, 2.24) is 0 Å². The van der Waals surface area contributed by atoms with Gasteiger partial charge in [0.1, 0.15) is 0 Å². The van der Waals surface area contributed by atoms with Crippen LogP contribution < -0.4 is 5.73 Å². The lowest BCUT2D eigenvalue weighted by Crippen LogP contribution is -2.35. The van der Waals surface area contributed by atoms with Crippen molar-refractivity contribution in [3.63, 3.8) is 0 Å². The van der Waals surface area contributed by atoms with Gasteiger partial charge >= 0.3 is 0 Å². The van der Waals surface area contributed by atoms with E-state index in [-0.39, 0.29) is 5.54 Å². The van der Waals surface area contributed by atoms with Gasteiger partial charge in [0.15, 0.2) is 0 Å². The SMILES string of the molecule is CCCCCCCCc1ccc(CCC(C)(N)CC)cc1. The third kappa shape index (κ3) is 8.26. The molecule has 0 radical (unpaired) electrons. The molecule has 0 heterocycles. The summed E-state index contributed by atoms with van der Waals surface area (Å²) in [5, 5.41) is 0. The van der Waals surface area contributed by atoms with Gasteiger partial charge in [0.05, 0.1) is 0 Å². The second kappa shape index (κ2) is 10.00. The molecule has 120 valence electrons. The fraction of sp³-hybridized carbons (Fsp3) is 0.700. The number of unbranched alkanes of at least 4 members (excludes halogenated alkanes) is 5. The summed E-state index contributed by atoms with van der Waals surface area (Å²) in [5.41, 5.74) is 9.10. The molecular formula is C20H35N. The molecule has 1 unspecified atom stereocenters. The third-order valence-electron chi connectivity index (χ3n) is 4.63. The molecule has 0 aliphatic rings. The van der Waals surface area contributed by atoms with Gasteiger partial charge in [0, 0.05) is 5.54 Å². The lowest BCUT2D eigenvalue weighted by atomic mass is 9.91. The molecule has 0 aliphatic carbocycles. The van der Waals surface area contributed by atoms with E-state index in [0.717, 1.165) is 19.3 Å². The predicted octanol–water partition coefficient (Wildman–Crippen LogP) is 5.65. The molecule has 21 heavy (non-hydrogen) atoms. The van der Waals surface area contributed by atoms with Crippen LogP contribution in [-0.2, 0) is 12.8 Å². The highest BCUT2D eigenvalue weighted by atomic mass is 14.7. The molecule has 0 saturated heterocycles. The average Bonchev–Trinajstić information content (AvgIpc) is 2.50. The first-order valence-electron chi connectivity index (χ1n) is 8.94. The Morgan fingerprint density at radius 1 is 0.810 bits per heavy atom. The fourth-order valence-corrected chi connectivity index (χ4v) is 2.59. The summed E-state index contributed by atoms with van der Waals surface area (Å²) in [7, 11) is 0. The molecule has 2 N–H and O–H groups in total. The van der Waals surface area contributed by atoms with Gasteiger partial charge in [-0.3, -0.25) is 0 Å². The second-order valence-corrected chi connectivity index (χ2v) is 6.84. The Balaban J connectivity index is 2.24. The third-order valence-corrected chi connectivity index (χ3v) is 4.63. The Bertz CT molecular complexity index is 364. The maximum Gasteiger partial charge on any atom is 0.0126 e. The predicted molar refractivity (Wildman–Crippen MR) is 94.7 cm³/mol. The van der Waals surface area contributed by atoms with E-state index in [1.807, 2.05) is 0 Å². The molecule has 0 bridgehead atoms. The first-order valence-corrected chi connectivity index (χ1v) is 8.94. The number of benzene rings is 1. The van der Waals surface area contributed by atoms with Gasteiger partial charge < -0.3 is 5.73 Å². The van der Waals surface area contributed by atoms with Crippen LogP contribution in [0.1, 0.15) is 83.3 Å². The van der Waals surface area contributed by atoms with Crippen LogP contribution in [0.15, 0.2) is 24.3 Å². The Kier molecular flexibility index (Phi) is 8.68. The minimum absolute atomic E-state index is 0.0167. The molecule has 1 atom stereocenters. The zero-order chi connectivity index (χ0) is 15.6. The summed E-state index contributed by atoms with van der Waals surface area (Å²) in [6, 6.07) is 9.19. The van der Waals surface area contributed by atoms with Gasteiger partial charge in [-0.1, -0.05) is 70.2 Å². The maximum absolute atomic E-state index is 6.21. The van der Waals surface area contributed by atoms with Crippen molar-refractivity contribution in [2.24, 2.45) is 5.73 Å². The van der Waals surface area contributed by atoms with Crippen molar-refractivity contribution in [2.45, 2.75) is 90.5 Å². The smallest absolute Gasteiger partial charge is 0.0126 e. The minimum atomic E-state index is -0.0167. The normalized spacial score (nSPS) is 14.1. The molecule has 0 amide bonds. The van der Waals surface area contributed by atoms with E-state index in [4.69, 9.17) is 5.73 Å². The van der Waals surface area contributed by atoms with E-state index in [0.29, 0.717) is 0 Å². The fourth-order valence-electron chi connectivity index (χ4n) is 2.59. The van der Waals surface area contributed by atoms with Crippen molar-refractivity contribution >= 4 is 0 Å². The Hall–Kier alpha value is -0.820. The van der Waals surface area contributed by atoms with Gasteiger partial charge in [-0.05, 0) is 50.2 Å². The first-order chi connectivity index (χ1) is 10.1. The quantitative estimate of drug-likeness (QED) is 0.523. The van der Waals surface area contributed by atoms with Crippen LogP contribution in [0.3, 0.4) is 0 Å². The topological polar surface area (TPSA) is 26.0 Å². The van der Waals surface area contributed by atoms with Gasteiger partial charge in [0.25, 0.3) is 0 Å². The van der Waals surface area contributed by atoms with Crippen LogP contribution in [0.25, 0.3) is 0 Å². The molecule has 1 rings (SSSR count). The summed E-state index contributed by atoms with van der Waals surface area (Å²) < 4.78 is 0. The molecular weight excluding hydrogens is 254 g/mol. The van der Waals surface area contributed by atoms with E-state index in [1.54, 1.807) is 0 Å². The number of hydrogen-bond acceptors (Lipinski definition) is 1. The zero-order valence-corrected chi connectivity index (χ0v) is 14.5. The van der Waals surface area contributed by atoms with Gasteiger partial charge in [-0.2, -0.15) is 0 Å². The molecule has 0 saturated carbocycles. The monoisotopic (exact) mass is 289 g/mol.